The summed E-state index contributed by atoms with van der Waals surface area (Å²) in [7, 11) is 0. The van der Waals surface area contributed by atoms with Gasteiger partial charge < -0.3 is 20.3 Å². The molecular formula is C59H103NO5. The second-order valence-corrected chi connectivity index (χ2v) is 18.4. The molecule has 0 aliphatic rings. The molecule has 0 saturated heterocycles. The average Bonchev–Trinajstić information content (AvgIpc) is 3.30. The van der Waals surface area contributed by atoms with E-state index in [0.717, 1.165) is 70.6 Å². The Bertz CT molecular complexity index is 1250. The lowest BCUT2D eigenvalue weighted by Gasteiger charge is -2.24. The standard InChI is InChI=1S/C59H103NO5/c1-4-7-10-13-16-19-22-25-27-29-31-33-35-38-41-44-47-50-55(65-59(64)52-49-46-43-40-37-34-32-30-28-26-23-20-17-14-11-8-5-2)53-58(63)60-56(54-61)57(62)51-48-45-42-39-36-24-21-18-15-12-9-6-3/h8,11,14,17,20,23,25-28,30,32,34,37,55-57,61-62H,4-7,9-10,12-13,15-16,18-19,21-22,24,29,31,33,35-36,38-54H2,1-3H3,(H,60,63)/b11-8-,17-14+,23-20+,27-25+,28-26-,32-30+,37-34+. The maximum Gasteiger partial charge on any atom is 0.306 e. The van der Waals surface area contributed by atoms with Crippen LogP contribution in [0.25, 0.3) is 0 Å². The van der Waals surface area contributed by atoms with Crippen molar-refractivity contribution >= 4 is 11.9 Å². The molecule has 0 aromatic carbocycles. The van der Waals surface area contributed by atoms with Crippen LogP contribution in [0.1, 0.15) is 252 Å². The fourth-order valence-corrected chi connectivity index (χ4v) is 7.99. The van der Waals surface area contributed by atoms with Crippen molar-refractivity contribution in [3.8, 4) is 0 Å². The van der Waals surface area contributed by atoms with Crippen LogP contribution in [-0.4, -0.2) is 46.9 Å². The number of unbranched alkanes of at least 4 members (excludes halogenated alkanes) is 27. The zero-order valence-corrected chi connectivity index (χ0v) is 42.6. The Hall–Kier alpha value is -2.96. The molecule has 6 heteroatoms. The molecular weight excluding hydrogens is 803 g/mol. The summed E-state index contributed by atoms with van der Waals surface area (Å²) in [5.74, 6) is -0.529. The lowest BCUT2D eigenvalue weighted by Crippen LogP contribution is -2.46. The predicted molar refractivity (Wildman–Crippen MR) is 282 cm³/mol. The molecule has 0 rings (SSSR count). The summed E-state index contributed by atoms with van der Waals surface area (Å²) < 4.78 is 5.93. The lowest BCUT2D eigenvalue weighted by atomic mass is 10.0. The number of hydrogen-bond acceptors (Lipinski definition) is 5. The topological polar surface area (TPSA) is 95.9 Å². The number of carbonyl (C=O) groups is 2. The first-order chi connectivity index (χ1) is 32.0. The van der Waals surface area contributed by atoms with Crippen molar-refractivity contribution in [1.82, 2.24) is 5.32 Å². The van der Waals surface area contributed by atoms with Crippen LogP contribution in [0.2, 0.25) is 0 Å². The SMILES string of the molecule is CC\C=C/C=C/C=C/C=C\C=C\C=C\CCCCCC(=O)OC(CCCCCCCCC/C=C/CCCCCCCC)CC(=O)NC(CO)C(O)CCCCCCCCCCCCCC. The van der Waals surface area contributed by atoms with Gasteiger partial charge in [-0.05, 0) is 70.6 Å². The molecule has 374 valence electrons. The summed E-state index contributed by atoms with van der Waals surface area (Å²) >= 11 is 0. The number of ether oxygens (including phenoxy) is 1. The van der Waals surface area contributed by atoms with Crippen molar-refractivity contribution in [3.05, 3.63) is 85.1 Å². The van der Waals surface area contributed by atoms with Gasteiger partial charge in [0.15, 0.2) is 0 Å². The Morgan fingerprint density at radius 2 is 0.846 bits per heavy atom. The van der Waals surface area contributed by atoms with Gasteiger partial charge in [-0.2, -0.15) is 0 Å². The highest BCUT2D eigenvalue weighted by Gasteiger charge is 2.24. The molecule has 6 nitrogen and oxygen atoms in total. The van der Waals surface area contributed by atoms with Gasteiger partial charge in [0, 0.05) is 6.42 Å². The van der Waals surface area contributed by atoms with E-state index in [1.807, 2.05) is 48.6 Å². The van der Waals surface area contributed by atoms with Crippen molar-refractivity contribution in [2.75, 3.05) is 6.61 Å². The maximum absolute atomic E-state index is 13.2. The number of esters is 1. The second kappa shape index (κ2) is 52.0. The molecule has 3 atom stereocenters. The van der Waals surface area contributed by atoms with Crippen LogP contribution in [0.5, 0.6) is 0 Å². The van der Waals surface area contributed by atoms with Gasteiger partial charge in [-0.1, -0.05) is 254 Å². The third-order valence-corrected chi connectivity index (χ3v) is 12.1. The van der Waals surface area contributed by atoms with Crippen molar-refractivity contribution in [1.29, 1.82) is 0 Å². The number of aliphatic hydroxyl groups excluding tert-OH is 2. The third-order valence-electron chi connectivity index (χ3n) is 12.1. The van der Waals surface area contributed by atoms with E-state index in [1.54, 1.807) is 0 Å². The molecule has 0 aliphatic carbocycles. The van der Waals surface area contributed by atoms with E-state index in [-0.39, 0.29) is 24.9 Å². The van der Waals surface area contributed by atoms with E-state index < -0.39 is 18.2 Å². The molecule has 1 amide bonds. The number of allylic oxidation sites excluding steroid dienone is 14. The molecule has 0 aliphatic heterocycles. The first-order valence-electron chi connectivity index (χ1n) is 27.4. The fraction of sp³-hybridized carbons (Fsp3) is 0.729. The first-order valence-corrected chi connectivity index (χ1v) is 27.4. The van der Waals surface area contributed by atoms with Gasteiger partial charge in [0.25, 0.3) is 0 Å². The molecule has 0 heterocycles. The summed E-state index contributed by atoms with van der Waals surface area (Å²) in [5, 5.41) is 23.8. The van der Waals surface area contributed by atoms with Crippen LogP contribution < -0.4 is 5.32 Å². The van der Waals surface area contributed by atoms with E-state index >= 15 is 0 Å². The molecule has 0 radical (unpaired) electrons. The Morgan fingerprint density at radius 1 is 0.462 bits per heavy atom. The Balaban J connectivity index is 4.69. The fourth-order valence-electron chi connectivity index (χ4n) is 7.99. The molecule has 0 saturated carbocycles. The van der Waals surface area contributed by atoms with E-state index in [0.29, 0.717) is 19.3 Å². The monoisotopic (exact) mass is 906 g/mol. The highest BCUT2D eigenvalue weighted by molar-refractivity contribution is 5.77. The Morgan fingerprint density at radius 3 is 1.31 bits per heavy atom. The smallest absolute Gasteiger partial charge is 0.306 e. The Kier molecular flexibility index (Phi) is 49.6. The van der Waals surface area contributed by atoms with Crippen LogP contribution in [0, 0.1) is 0 Å². The van der Waals surface area contributed by atoms with Crippen LogP contribution in [0.4, 0.5) is 0 Å². The molecule has 3 unspecified atom stereocenters. The highest BCUT2D eigenvalue weighted by atomic mass is 16.5. The normalized spacial score (nSPS) is 13.9. The van der Waals surface area contributed by atoms with E-state index in [1.165, 1.54) is 135 Å². The minimum atomic E-state index is -0.801. The maximum atomic E-state index is 13.2. The number of hydrogen-bond donors (Lipinski definition) is 3. The quantitative estimate of drug-likeness (QED) is 0.0245. The van der Waals surface area contributed by atoms with Crippen LogP contribution >= 0.6 is 0 Å². The molecule has 3 N–H and O–H groups in total. The minimum absolute atomic E-state index is 0.0530. The van der Waals surface area contributed by atoms with Crippen LogP contribution in [0.3, 0.4) is 0 Å². The summed E-state index contributed by atoms with van der Waals surface area (Å²) in [6.07, 6.45) is 67.8. The molecule has 0 bridgehead atoms. The number of rotatable bonds is 48. The van der Waals surface area contributed by atoms with E-state index in [4.69, 9.17) is 4.74 Å². The van der Waals surface area contributed by atoms with Gasteiger partial charge in [0.1, 0.15) is 6.10 Å². The van der Waals surface area contributed by atoms with Crippen LogP contribution in [0.15, 0.2) is 85.1 Å². The van der Waals surface area contributed by atoms with E-state index in [2.05, 4.69) is 62.5 Å². The van der Waals surface area contributed by atoms with Crippen molar-refractivity contribution < 1.29 is 24.5 Å². The molecule has 65 heavy (non-hydrogen) atoms. The summed E-state index contributed by atoms with van der Waals surface area (Å²) in [6, 6.07) is -0.717. The van der Waals surface area contributed by atoms with Gasteiger partial charge in [-0.25, -0.2) is 0 Å². The number of aliphatic hydroxyl groups is 2. The zero-order chi connectivity index (χ0) is 47.4. The summed E-state index contributed by atoms with van der Waals surface area (Å²) in [5.41, 5.74) is 0. The minimum Gasteiger partial charge on any atom is -0.462 e. The predicted octanol–water partition coefficient (Wildman–Crippen LogP) is 16.7. The van der Waals surface area contributed by atoms with Gasteiger partial charge in [-0.3, -0.25) is 9.59 Å². The zero-order valence-electron chi connectivity index (χ0n) is 42.6. The molecule has 0 aromatic heterocycles. The third kappa shape index (κ3) is 47.3. The van der Waals surface area contributed by atoms with Gasteiger partial charge in [0.05, 0.1) is 25.2 Å². The molecule has 0 fully saturated rings. The van der Waals surface area contributed by atoms with Crippen molar-refractivity contribution in [3.63, 3.8) is 0 Å². The van der Waals surface area contributed by atoms with E-state index in [9.17, 15) is 19.8 Å². The molecule has 0 aromatic rings. The lowest BCUT2D eigenvalue weighted by molar-refractivity contribution is -0.151. The van der Waals surface area contributed by atoms with Gasteiger partial charge in [-0.15, -0.1) is 0 Å². The van der Waals surface area contributed by atoms with Crippen LogP contribution in [-0.2, 0) is 14.3 Å². The largest absolute Gasteiger partial charge is 0.462 e. The van der Waals surface area contributed by atoms with Crippen molar-refractivity contribution in [2.45, 2.75) is 270 Å². The van der Waals surface area contributed by atoms with Gasteiger partial charge in [0.2, 0.25) is 5.91 Å². The Labute approximate surface area is 402 Å². The average molecular weight is 906 g/mol. The first kappa shape index (κ1) is 62.0. The summed E-state index contributed by atoms with van der Waals surface area (Å²) in [4.78, 5) is 26.2. The van der Waals surface area contributed by atoms with Gasteiger partial charge >= 0.3 is 5.97 Å². The number of amides is 1. The number of nitrogens with one attached hydrogen (secondary N) is 1. The highest BCUT2D eigenvalue weighted by Crippen LogP contribution is 2.18. The van der Waals surface area contributed by atoms with Crippen molar-refractivity contribution in [2.24, 2.45) is 0 Å². The second-order valence-electron chi connectivity index (χ2n) is 18.4. The molecule has 0 spiro atoms. The summed E-state index contributed by atoms with van der Waals surface area (Å²) in [6.45, 7) is 6.33. The number of carbonyl (C=O) groups excluding carboxylic acids is 2.